The Balaban J connectivity index is 1.50. The molecule has 2 aromatic heterocycles. The summed E-state index contributed by atoms with van der Waals surface area (Å²) in [7, 11) is -4.17. The number of allylic oxidation sites excluding steroid dienone is 1. The maximum absolute atomic E-state index is 13.4. The number of carbonyl (C=O) groups is 2. The Hall–Kier alpha value is -4.03. The van der Waals surface area contributed by atoms with Crippen LogP contribution in [0.25, 0.3) is 27.7 Å². The van der Waals surface area contributed by atoms with Gasteiger partial charge in [-0.2, -0.15) is 8.42 Å². The molecule has 1 amide bonds. The number of aromatic nitrogens is 1. The third-order valence-electron chi connectivity index (χ3n) is 8.01. The number of esters is 1. The predicted molar refractivity (Wildman–Crippen MR) is 183 cm³/mol. The molecule has 12 heteroatoms. The molecule has 254 valence electrons. The third-order valence-corrected chi connectivity index (χ3v) is 8.81. The van der Waals surface area contributed by atoms with Gasteiger partial charge < -0.3 is 19.0 Å². The largest absolute Gasteiger partial charge is 0.460 e. The van der Waals surface area contributed by atoms with Gasteiger partial charge in [-0.3, -0.25) is 19.1 Å². The van der Waals surface area contributed by atoms with Crippen LogP contribution in [0.3, 0.4) is 0 Å². The minimum atomic E-state index is -4.17. The van der Waals surface area contributed by atoms with Crippen molar-refractivity contribution in [3.8, 4) is 11.1 Å². The van der Waals surface area contributed by atoms with E-state index >= 15 is 0 Å². The van der Waals surface area contributed by atoms with E-state index in [9.17, 15) is 27.4 Å². The van der Waals surface area contributed by atoms with E-state index in [-0.39, 0.29) is 44.2 Å². The summed E-state index contributed by atoms with van der Waals surface area (Å²) in [6, 6.07) is 9.29. The van der Waals surface area contributed by atoms with E-state index in [1.165, 1.54) is 0 Å². The first-order valence-electron chi connectivity index (χ1n) is 15.9. The number of hydrogen-bond donors (Lipinski definition) is 1. The molecule has 1 aromatic carbocycles. The Morgan fingerprint density at radius 2 is 1.68 bits per heavy atom. The highest BCUT2D eigenvalue weighted by atomic mass is 32.2. The summed E-state index contributed by atoms with van der Waals surface area (Å²) in [5.41, 5.74) is 3.20. The Labute approximate surface area is 276 Å². The van der Waals surface area contributed by atoms with Gasteiger partial charge in [-0.25, -0.2) is 4.79 Å². The van der Waals surface area contributed by atoms with Crippen molar-refractivity contribution < 1.29 is 31.7 Å². The second-order valence-corrected chi connectivity index (χ2v) is 15.1. The standard InChI is InChI=1S/C35H45N3O8S/c1-24-23-35(5,6)38(29-22-30-26(20-27(24)29)21-28(33(41)45-30)25-12-14-36-15-13-25)18-7-10-31(39)37(17-9-19-47(42,43)44)16-8-11-32(40)46-34(2,3)4/h12-15,20-23H,7-11,16-19H2,1-6H3,(H,42,43,44). The van der Waals surface area contributed by atoms with Crippen LogP contribution in [0.5, 0.6) is 0 Å². The zero-order chi connectivity index (χ0) is 34.6. The molecule has 4 rings (SSSR count). The van der Waals surface area contributed by atoms with E-state index in [1.807, 2.05) is 18.2 Å². The highest BCUT2D eigenvalue weighted by Gasteiger charge is 2.32. The molecule has 0 unspecified atom stereocenters. The van der Waals surface area contributed by atoms with Crippen molar-refractivity contribution in [3.63, 3.8) is 0 Å². The summed E-state index contributed by atoms with van der Waals surface area (Å²) < 4.78 is 42.9. The third kappa shape index (κ3) is 9.74. The van der Waals surface area contributed by atoms with E-state index in [1.54, 1.807) is 50.2 Å². The quantitative estimate of drug-likeness (QED) is 0.133. The molecule has 11 nitrogen and oxygen atoms in total. The average molecular weight is 668 g/mol. The highest BCUT2D eigenvalue weighted by Crippen LogP contribution is 2.41. The van der Waals surface area contributed by atoms with Gasteiger partial charge in [-0.05, 0) is 96.2 Å². The van der Waals surface area contributed by atoms with Gasteiger partial charge in [0.05, 0.1) is 16.9 Å². The second-order valence-electron chi connectivity index (χ2n) is 13.5. The summed E-state index contributed by atoms with van der Waals surface area (Å²) in [5, 5.41) is 0.796. The Morgan fingerprint density at radius 1 is 1.02 bits per heavy atom. The lowest BCUT2D eigenvalue weighted by Gasteiger charge is -2.43. The monoisotopic (exact) mass is 667 g/mol. The first-order chi connectivity index (χ1) is 21.9. The van der Waals surface area contributed by atoms with Gasteiger partial charge in [0.1, 0.15) is 11.2 Å². The maximum atomic E-state index is 13.4. The van der Waals surface area contributed by atoms with Gasteiger partial charge >= 0.3 is 11.6 Å². The zero-order valence-corrected chi connectivity index (χ0v) is 28.9. The summed E-state index contributed by atoms with van der Waals surface area (Å²) in [5.74, 6) is -0.991. The molecular formula is C35H45N3O8S. The van der Waals surface area contributed by atoms with Crippen LogP contribution >= 0.6 is 0 Å². The number of nitrogens with zero attached hydrogens (tertiary/aromatic N) is 3. The van der Waals surface area contributed by atoms with Crippen LogP contribution in [0, 0.1) is 0 Å². The fraction of sp³-hybridized carbons (Fsp3) is 0.486. The Morgan fingerprint density at radius 3 is 2.34 bits per heavy atom. The number of hydrogen-bond acceptors (Lipinski definition) is 9. The summed E-state index contributed by atoms with van der Waals surface area (Å²) >= 11 is 0. The number of rotatable bonds is 13. The molecule has 0 fully saturated rings. The van der Waals surface area contributed by atoms with E-state index in [0.717, 1.165) is 27.8 Å². The maximum Gasteiger partial charge on any atom is 0.344 e. The lowest BCUT2D eigenvalue weighted by atomic mass is 9.87. The number of benzene rings is 1. The van der Waals surface area contributed by atoms with Gasteiger partial charge in [0, 0.05) is 67.6 Å². The second kappa shape index (κ2) is 14.4. The van der Waals surface area contributed by atoms with Crippen molar-refractivity contribution in [3.05, 3.63) is 64.8 Å². The number of carbonyl (C=O) groups excluding carboxylic acids is 2. The molecule has 3 aromatic rings. The molecule has 0 aliphatic carbocycles. The molecule has 0 atom stereocenters. The first-order valence-corrected chi connectivity index (χ1v) is 17.5. The zero-order valence-electron chi connectivity index (χ0n) is 28.0. The van der Waals surface area contributed by atoms with E-state index in [2.05, 4.69) is 36.7 Å². The molecule has 1 aliphatic heterocycles. The summed E-state index contributed by atoms with van der Waals surface area (Å²) in [6.07, 6.45) is 6.71. The number of anilines is 1. The summed E-state index contributed by atoms with van der Waals surface area (Å²) in [4.78, 5) is 46.3. The Bertz CT molecular complexity index is 1810. The summed E-state index contributed by atoms with van der Waals surface area (Å²) in [6.45, 7) is 12.5. The lowest BCUT2D eigenvalue weighted by molar-refractivity contribution is -0.155. The minimum Gasteiger partial charge on any atom is -0.460 e. The highest BCUT2D eigenvalue weighted by molar-refractivity contribution is 7.85. The van der Waals surface area contributed by atoms with Gasteiger partial charge in [0.25, 0.3) is 10.1 Å². The van der Waals surface area contributed by atoms with Crippen molar-refractivity contribution in [2.45, 2.75) is 84.8 Å². The van der Waals surface area contributed by atoms with Crippen molar-refractivity contribution in [2.24, 2.45) is 0 Å². The van der Waals surface area contributed by atoms with Crippen LogP contribution in [-0.4, -0.2) is 71.3 Å². The van der Waals surface area contributed by atoms with Crippen LogP contribution in [0.2, 0.25) is 0 Å². The van der Waals surface area contributed by atoms with Crippen LogP contribution in [0.4, 0.5) is 5.69 Å². The molecule has 1 N–H and O–H groups in total. The SMILES string of the molecule is CC1=CC(C)(C)N(CCCC(=O)N(CCCC(=O)OC(C)(C)C)CCCS(=O)(=O)O)c2cc3oc(=O)c(-c4ccncc4)cc3cc21. The van der Waals surface area contributed by atoms with Gasteiger partial charge in [0.2, 0.25) is 5.91 Å². The molecule has 0 spiro atoms. The van der Waals surface area contributed by atoms with Crippen molar-refractivity contribution in [1.82, 2.24) is 9.88 Å². The van der Waals surface area contributed by atoms with Crippen molar-refractivity contribution >= 4 is 44.2 Å². The fourth-order valence-corrected chi connectivity index (χ4v) is 6.48. The van der Waals surface area contributed by atoms with Gasteiger partial charge in [-0.1, -0.05) is 6.08 Å². The normalized spacial score (nSPS) is 14.4. The molecule has 1 aliphatic rings. The number of fused-ring (bicyclic) bond motifs is 2. The Kier molecular flexibility index (Phi) is 11.0. The lowest BCUT2D eigenvalue weighted by Crippen LogP contribution is -2.46. The molecule has 47 heavy (non-hydrogen) atoms. The van der Waals surface area contributed by atoms with Crippen LogP contribution in [0.1, 0.15) is 79.2 Å². The number of amides is 1. The number of ether oxygens (including phenoxy) is 1. The molecule has 0 saturated carbocycles. The molecule has 0 saturated heterocycles. The molecular weight excluding hydrogens is 622 g/mol. The van der Waals surface area contributed by atoms with Crippen molar-refractivity contribution in [2.75, 3.05) is 30.3 Å². The molecule has 0 radical (unpaired) electrons. The van der Waals surface area contributed by atoms with Gasteiger partial charge in [0.15, 0.2) is 0 Å². The first kappa shape index (κ1) is 35.8. The van der Waals surface area contributed by atoms with E-state index in [4.69, 9.17) is 9.15 Å². The fourth-order valence-electron chi connectivity index (χ4n) is 5.98. The van der Waals surface area contributed by atoms with Crippen LogP contribution in [0.15, 0.2) is 58.0 Å². The molecule has 0 bridgehead atoms. The number of pyridine rings is 1. The van der Waals surface area contributed by atoms with Crippen LogP contribution < -0.4 is 10.5 Å². The van der Waals surface area contributed by atoms with Gasteiger partial charge in [-0.15, -0.1) is 0 Å². The minimum absolute atomic E-state index is 0.0781. The predicted octanol–water partition coefficient (Wildman–Crippen LogP) is 5.87. The topological polar surface area (TPSA) is 147 Å². The van der Waals surface area contributed by atoms with E-state index in [0.29, 0.717) is 30.5 Å². The van der Waals surface area contributed by atoms with E-state index < -0.39 is 32.6 Å². The molecule has 3 heterocycles. The van der Waals surface area contributed by atoms with Crippen molar-refractivity contribution in [1.29, 1.82) is 0 Å². The average Bonchev–Trinajstić information content (AvgIpc) is 2.95. The van der Waals surface area contributed by atoms with Crippen LogP contribution in [-0.2, 0) is 24.4 Å². The smallest absolute Gasteiger partial charge is 0.344 e.